The van der Waals surface area contributed by atoms with Gasteiger partial charge in [0.25, 0.3) is 10.1 Å². The third kappa shape index (κ3) is 4.46. The van der Waals surface area contributed by atoms with Crippen molar-refractivity contribution in [3.8, 4) is 0 Å². The van der Waals surface area contributed by atoms with E-state index in [9.17, 15) is 8.42 Å². The Morgan fingerprint density at radius 1 is 1.31 bits per heavy atom. The van der Waals surface area contributed by atoms with Gasteiger partial charge in [-0.1, -0.05) is 17.7 Å². The molecule has 1 aromatic carbocycles. The van der Waals surface area contributed by atoms with Crippen LogP contribution in [-0.4, -0.2) is 45.8 Å². The summed E-state index contributed by atoms with van der Waals surface area (Å²) < 4.78 is 30.7. The standard InChI is InChI=1S/C16H15ClN6O3S3/c1-29(24,25)26-7-3-6-23-14-11(13(18)19-8-20-14)22-15(23)28-16-21-10-5-2-4-9(17)12(10)27-16/h2,4-5,8H,3,6-7H2,1H3,(H2,18,19,20). The van der Waals surface area contributed by atoms with Crippen LogP contribution in [0.1, 0.15) is 6.42 Å². The molecule has 0 aliphatic carbocycles. The maximum atomic E-state index is 11.2. The number of fused-ring (bicyclic) bond motifs is 2. The van der Waals surface area contributed by atoms with Crippen LogP contribution < -0.4 is 5.73 Å². The molecule has 0 saturated carbocycles. The van der Waals surface area contributed by atoms with Crippen molar-refractivity contribution in [2.24, 2.45) is 0 Å². The van der Waals surface area contributed by atoms with Gasteiger partial charge in [-0.05, 0) is 30.3 Å². The molecule has 0 saturated heterocycles. The van der Waals surface area contributed by atoms with Crippen molar-refractivity contribution in [3.63, 3.8) is 0 Å². The number of aromatic nitrogens is 5. The van der Waals surface area contributed by atoms with Crippen molar-refractivity contribution >= 4 is 72.0 Å². The zero-order valence-electron chi connectivity index (χ0n) is 15.1. The summed E-state index contributed by atoms with van der Waals surface area (Å²) in [6, 6.07) is 5.58. The Bertz CT molecular complexity index is 1300. The van der Waals surface area contributed by atoms with Gasteiger partial charge in [-0.3, -0.25) is 4.18 Å². The molecular weight excluding hydrogens is 456 g/mol. The number of nitrogens with two attached hydrogens (primary N) is 1. The summed E-state index contributed by atoms with van der Waals surface area (Å²) in [6.07, 6.45) is 2.84. The van der Waals surface area contributed by atoms with E-state index >= 15 is 0 Å². The number of halogens is 1. The topological polar surface area (TPSA) is 126 Å². The van der Waals surface area contributed by atoms with E-state index in [0.29, 0.717) is 34.3 Å². The predicted molar refractivity (Wildman–Crippen MR) is 114 cm³/mol. The highest BCUT2D eigenvalue weighted by molar-refractivity contribution is 8.01. The first kappa shape index (κ1) is 20.3. The average Bonchev–Trinajstić information content (AvgIpc) is 3.21. The second-order valence-electron chi connectivity index (χ2n) is 6.03. The molecule has 0 aliphatic heterocycles. The number of thiazole rings is 1. The highest BCUT2D eigenvalue weighted by Gasteiger charge is 2.18. The van der Waals surface area contributed by atoms with Gasteiger partial charge >= 0.3 is 0 Å². The van der Waals surface area contributed by atoms with E-state index in [2.05, 4.69) is 19.9 Å². The van der Waals surface area contributed by atoms with Gasteiger partial charge in [-0.2, -0.15) is 8.42 Å². The second-order valence-corrected chi connectivity index (χ2v) is 10.3. The van der Waals surface area contributed by atoms with Crippen molar-refractivity contribution in [1.29, 1.82) is 0 Å². The van der Waals surface area contributed by atoms with Gasteiger partial charge in [-0.15, -0.1) is 11.3 Å². The predicted octanol–water partition coefficient (Wildman–Crippen LogP) is 3.19. The minimum atomic E-state index is -3.49. The number of rotatable bonds is 7. The SMILES string of the molecule is CS(=O)(=O)OCCCn1c(Sc2nc3cccc(Cl)c3s2)nc2c(N)ncnc21. The van der Waals surface area contributed by atoms with Crippen LogP contribution >= 0.6 is 34.7 Å². The molecule has 9 nitrogen and oxygen atoms in total. The lowest BCUT2D eigenvalue weighted by molar-refractivity contribution is 0.306. The Hall–Kier alpha value is -1.99. The lowest BCUT2D eigenvalue weighted by Gasteiger charge is -2.07. The number of aryl methyl sites for hydroxylation is 1. The summed E-state index contributed by atoms with van der Waals surface area (Å²) in [5, 5.41) is 1.27. The van der Waals surface area contributed by atoms with Gasteiger partial charge in [0.15, 0.2) is 26.5 Å². The summed E-state index contributed by atoms with van der Waals surface area (Å²) in [5.41, 5.74) is 7.82. The molecule has 0 amide bonds. The maximum Gasteiger partial charge on any atom is 0.264 e. The van der Waals surface area contributed by atoms with Gasteiger partial charge in [0.2, 0.25) is 0 Å². The fraction of sp³-hybridized carbons (Fsp3) is 0.250. The van der Waals surface area contributed by atoms with Crippen molar-refractivity contribution < 1.29 is 12.6 Å². The molecule has 3 heterocycles. The number of nitrogen functional groups attached to an aromatic ring is 1. The van der Waals surface area contributed by atoms with Gasteiger partial charge < -0.3 is 10.3 Å². The lowest BCUT2D eigenvalue weighted by Crippen LogP contribution is -2.08. The Kier molecular flexibility index (Phi) is 5.62. The highest BCUT2D eigenvalue weighted by Crippen LogP contribution is 2.38. The summed E-state index contributed by atoms with van der Waals surface area (Å²) in [4.78, 5) is 17.5. The van der Waals surface area contributed by atoms with E-state index in [1.165, 1.54) is 29.4 Å². The molecule has 29 heavy (non-hydrogen) atoms. The quantitative estimate of drug-likeness (QED) is 0.320. The molecule has 13 heteroatoms. The number of nitrogens with zero attached hydrogens (tertiary/aromatic N) is 5. The van der Waals surface area contributed by atoms with E-state index in [4.69, 9.17) is 21.5 Å². The fourth-order valence-corrected chi connectivity index (χ4v) is 5.44. The molecule has 3 aromatic heterocycles. The van der Waals surface area contributed by atoms with E-state index in [-0.39, 0.29) is 12.4 Å². The average molecular weight is 471 g/mol. The van der Waals surface area contributed by atoms with E-state index < -0.39 is 10.1 Å². The van der Waals surface area contributed by atoms with Crippen LogP contribution in [0.2, 0.25) is 5.02 Å². The smallest absolute Gasteiger partial charge is 0.264 e. The maximum absolute atomic E-state index is 11.2. The van der Waals surface area contributed by atoms with Crippen LogP contribution in [0.25, 0.3) is 21.4 Å². The number of anilines is 1. The van der Waals surface area contributed by atoms with Crippen molar-refractivity contribution in [2.45, 2.75) is 22.5 Å². The van der Waals surface area contributed by atoms with Crippen molar-refractivity contribution in [2.75, 3.05) is 18.6 Å². The Labute approximate surface area is 179 Å². The second kappa shape index (κ2) is 8.03. The normalized spacial score (nSPS) is 12.2. The zero-order valence-corrected chi connectivity index (χ0v) is 18.3. The summed E-state index contributed by atoms with van der Waals surface area (Å²) in [7, 11) is -3.49. The van der Waals surface area contributed by atoms with E-state index in [1.54, 1.807) is 0 Å². The van der Waals surface area contributed by atoms with Crippen molar-refractivity contribution in [3.05, 3.63) is 29.5 Å². The molecule has 0 fully saturated rings. The van der Waals surface area contributed by atoms with Gasteiger partial charge in [-0.25, -0.2) is 19.9 Å². The van der Waals surface area contributed by atoms with Gasteiger partial charge in [0.05, 0.1) is 28.1 Å². The van der Waals surface area contributed by atoms with Gasteiger partial charge in [0, 0.05) is 6.54 Å². The number of benzene rings is 1. The van der Waals surface area contributed by atoms with Crippen LogP contribution in [-0.2, 0) is 20.8 Å². The molecule has 0 radical (unpaired) electrons. The molecule has 4 rings (SSSR count). The molecule has 0 bridgehead atoms. The van der Waals surface area contributed by atoms with E-state index in [0.717, 1.165) is 20.8 Å². The molecule has 2 N–H and O–H groups in total. The summed E-state index contributed by atoms with van der Waals surface area (Å²) in [5.74, 6) is 0.273. The first-order chi connectivity index (χ1) is 13.8. The molecule has 0 aliphatic rings. The van der Waals surface area contributed by atoms with Crippen LogP contribution in [0.5, 0.6) is 0 Å². The van der Waals surface area contributed by atoms with Crippen molar-refractivity contribution in [1.82, 2.24) is 24.5 Å². The monoisotopic (exact) mass is 470 g/mol. The number of hydrogen-bond donors (Lipinski definition) is 1. The Morgan fingerprint density at radius 3 is 2.90 bits per heavy atom. The molecule has 4 aromatic rings. The first-order valence-corrected chi connectivity index (χ1v) is 12.2. The zero-order chi connectivity index (χ0) is 20.6. The molecule has 0 unspecified atom stereocenters. The number of imidazole rings is 1. The van der Waals surface area contributed by atoms with E-state index in [1.807, 2.05) is 22.8 Å². The van der Waals surface area contributed by atoms with Crippen LogP contribution in [0.3, 0.4) is 0 Å². The minimum Gasteiger partial charge on any atom is -0.382 e. The van der Waals surface area contributed by atoms with Crippen LogP contribution in [0, 0.1) is 0 Å². The molecular formula is C16H15ClN6O3S3. The van der Waals surface area contributed by atoms with Crippen LogP contribution in [0.4, 0.5) is 5.82 Å². The highest BCUT2D eigenvalue weighted by atomic mass is 35.5. The Balaban J connectivity index is 1.66. The first-order valence-electron chi connectivity index (χ1n) is 8.36. The fourth-order valence-electron chi connectivity index (χ4n) is 2.66. The summed E-state index contributed by atoms with van der Waals surface area (Å²) >= 11 is 9.09. The Morgan fingerprint density at radius 2 is 2.14 bits per heavy atom. The molecule has 152 valence electrons. The molecule has 0 atom stereocenters. The van der Waals surface area contributed by atoms with Gasteiger partial charge in [0.1, 0.15) is 6.33 Å². The minimum absolute atomic E-state index is 0.0555. The lowest BCUT2D eigenvalue weighted by atomic mass is 10.3. The third-order valence-corrected chi connectivity index (χ3v) is 7.06. The van der Waals surface area contributed by atoms with Crippen LogP contribution in [0.15, 0.2) is 34.0 Å². The summed E-state index contributed by atoms with van der Waals surface area (Å²) in [6.45, 7) is 0.496. The largest absolute Gasteiger partial charge is 0.382 e. The molecule has 0 spiro atoms. The third-order valence-electron chi connectivity index (χ3n) is 3.87. The number of hydrogen-bond acceptors (Lipinski definition) is 10.